The van der Waals surface area contributed by atoms with Crippen molar-refractivity contribution in [3.63, 3.8) is 0 Å². The molecule has 1 saturated heterocycles. The molecule has 0 spiro atoms. The van der Waals surface area contributed by atoms with Crippen LogP contribution >= 0.6 is 11.6 Å². The highest BCUT2D eigenvalue weighted by atomic mass is 35.5. The summed E-state index contributed by atoms with van der Waals surface area (Å²) in [4.78, 5) is 4.70. The number of nitrogens with one attached hydrogen (secondary N) is 1. The number of aromatic nitrogens is 3. The lowest BCUT2D eigenvalue weighted by Gasteiger charge is -2.33. The highest BCUT2D eigenvalue weighted by Gasteiger charge is 2.34. The second-order valence-corrected chi connectivity index (χ2v) is 6.82. The average molecular weight is 351 g/mol. The molecule has 6 nitrogen and oxygen atoms in total. The molecule has 130 valence electrons. The molecule has 1 aromatic heterocycles. The number of hydrogen-bond donors (Lipinski definition) is 2. The van der Waals surface area contributed by atoms with E-state index in [1.807, 2.05) is 16.8 Å². The monoisotopic (exact) mass is 350 g/mol. The molecule has 1 unspecified atom stereocenters. The quantitative estimate of drug-likeness (QED) is 0.835. The fourth-order valence-electron chi connectivity index (χ4n) is 3.10. The topological polar surface area (TPSA) is 72.2 Å². The van der Waals surface area contributed by atoms with Gasteiger partial charge in [0.25, 0.3) is 0 Å². The Labute approximate surface area is 146 Å². The van der Waals surface area contributed by atoms with Crippen LogP contribution in [0, 0.1) is 0 Å². The van der Waals surface area contributed by atoms with E-state index >= 15 is 0 Å². The van der Waals surface area contributed by atoms with E-state index in [2.05, 4.69) is 17.3 Å². The van der Waals surface area contributed by atoms with Crippen molar-refractivity contribution >= 4 is 11.6 Å². The Kier molecular flexibility index (Phi) is 5.38. The van der Waals surface area contributed by atoms with Crippen LogP contribution in [0.25, 0.3) is 0 Å². The van der Waals surface area contributed by atoms with Crippen molar-refractivity contribution in [2.45, 2.75) is 38.3 Å². The van der Waals surface area contributed by atoms with E-state index in [1.165, 1.54) is 0 Å². The third-order valence-corrected chi connectivity index (χ3v) is 4.56. The second kappa shape index (κ2) is 7.51. The molecule has 0 saturated carbocycles. The number of hydrogen-bond acceptors (Lipinski definition) is 5. The summed E-state index contributed by atoms with van der Waals surface area (Å²) in [6.45, 7) is 4.84. The van der Waals surface area contributed by atoms with Crippen molar-refractivity contribution in [2.75, 3.05) is 19.7 Å². The van der Waals surface area contributed by atoms with Gasteiger partial charge in [-0.3, -0.25) is 0 Å². The Morgan fingerprint density at radius 3 is 3.04 bits per heavy atom. The number of nitrogens with zero attached hydrogens (tertiary/aromatic N) is 3. The molecule has 1 aromatic carbocycles. The molecule has 0 radical (unpaired) electrons. The lowest BCUT2D eigenvalue weighted by atomic mass is 9.82. The summed E-state index contributed by atoms with van der Waals surface area (Å²) in [6, 6.07) is 7.26. The fraction of sp³-hybridized carbons (Fsp3) is 0.529. The Balaban J connectivity index is 1.77. The highest BCUT2D eigenvalue weighted by Crippen LogP contribution is 2.29. The zero-order chi connectivity index (χ0) is 17.0. The van der Waals surface area contributed by atoms with Crippen molar-refractivity contribution < 1.29 is 9.84 Å². The summed E-state index contributed by atoms with van der Waals surface area (Å²) in [7, 11) is 0. The molecule has 2 N–H and O–H groups in total. The van der Waals surface area contributed by atoms with Crippen LogP contribution in [0.5, 0.6) is 5.75 Å². The van der Waals surface area contributed by atoms with Crippen molar-refractivity contribution in [3.05, 3.63) is 40.9 Å². The van der Waals surface area contributed by atoms with Gasteiger partial charge >= 0.3 is 0 Å². The number of aliphatic hydroxyl groups excluding tert-OH is 1. The van der Waals surface area contributed by atoms with Gasteiger partial charge in [-0.1, -0.05) is 24.6 Å². The van der Waals surface area contributed by atoms with E-state index in [0.29, 0.717) is 23.1 Å². The average Bonchev–Trinajstić information content (AvgIpc) is 2.98. The maximum Gasteiger partial charge on any atom is 0.188 e. The van der Waals surface area contributed by atoms with Crippen LogP contribution < -0.4 is 10.1 Å². The minimum atomic E-state index is -0.0747. The van der Waals surface area contributed by atoms with Crippen LogP contribution in [0.2, 0.25) is 5.02 Å². The molecule has 1 atom stereocenters. The Bertz CT molecular complexity index is 683. The predicted octanol–water partition coefficient (Wildman–Crippen LogP) is 2.14. The van der Waals surface area contributed by atoms with E-state index in [-0.39, 0.29) is 18.6 Å². The molecular weight excluding hydrogens is 328 g/mol. The molecule has 2 aromatic rings. The van der Waals surface area contributed by atoms with Gasteiger partial charge < -0.3 is 15.2 Å². The molecule has 1 aliphatic rings. The van der Waals surface area contributed by atoms with Crippen LogP contribution in [0.3, 0.4) is 0 Å². The Morgan fingerprint density at radius 1 is 1.46 bits per heavy atom. The zero-order valence-corrected chi connectivity index (χ0v) is 14.6. The maximum absolute atomic E-state index is 9.32. The Morgan fingerprint density at radius 2 is 2.33 bits per heavy atom. The first-order chi connectivity index (χ1) is 11.6. The van der Waals surface area contributed by atoms with E-state index < -0.39 is 0 Å². The largest absolute Gasteiger partial charge is 0.485 e. The predicted molar refractivity (Wildman–Crippen MR) is 92.3 cm³/mol. The van der Waals surface area contributed by atoms with E-state index in [1.54, 1.807) is 12.1 Å². The van der Waals surface area contributed by atoms with Gasteiger partial charge in [-0.15, -0.1) is 0 Å². The van der Waals surface area contributed by atoms with Gasteiger partial charge in [0.15, 0.2) is 5.82 Å². The van der Waals surface area contributed by atoms with Crippen LogP contribution in [0.15, 0.2) is 24.3 Å². The lowest BCUT2D eigenvalue weighted by molar-refractivity contribution is 0.251. The number of benzene rings is 1. The van der Waals surface area contributed by atoms with E-state index in [0.717, 1.165) is 31.8 Å². The van der Waals surface area contributed by atoms with Crippen molar-refractivity contribution in [2.24, 2.45) is 0 Å². The smallest absolute Gasteiger partial charge is 0.188 e. The van der Waals surface area contributed by atoms with E-state index in [9.17, 15) is 5.11 Å². The summed E-state index contributed by atoms with van der Waals surface area (Å²) < 4.78 is 7.55. The van der Waals surface area contributed by atoms with Gasteiger partial charge in [0.1, 0.15) is 18.2 Å². The molecule has 2 heterocycles. The third-order valence-electron chi connectivity index (χ3n) is 4.33. The third kappa shape index (κ3) is 3.88. The highest BCUT2D eigenvalue weighted by molar-refractivity contribution is 6.30. The first kappa shape index (κ1) is 17.2. The van der Waals surface area contributed by atoms with Gasteiger partial charge in [-0.05, 0) is 37.6 Å². The van der Waals surface area contributed by atoms with Gasteiger partial charge in [-0.25, -0.2) is 9.67 Å². The Hall–Kier alpha value is -1.63. The SMILES string of the molecule is CC1(c2nc(COc3cccc(Cl)c3)nn2CCO)CCCNC1. The molecule has 7 heteroatoms. The summed E-state index contributed by atoms with van der Waals surface area (Å²) in [5, 5.41) is 17.9. The molecule has 1 aliphatic heterocycles. The van der Waals surface area contributed by atoms with Crippen LogP contribution in [0.1, 0.15) is 31.4 Å². The molecule has 0 bridgehead atoms. The summed E-state index contributed by atoms with van der Waals surface area (Å²) in [5.74, 6) is 2.21. The molecular formula is C17H23ClN4O2. The zero-order valence-electron chi connectivity index (χ0n) is 13.8. The number of aliphatic hydroxyl groups is 1. The van der Waals surface area contributed by atoms with Gasteiger partial charge in [0, 0.05) is 17.0 Å². The van der Waals surface area contributed by atoms with Gasteiger partial charge in [-0.2, -0.15) is 5.10 Å². The number of halogens is 1. The molecule has 1 fully saturated rings. The minimum Gasteiger partial charge on any atom is -0.485 e. The molecule has 0 amide bonds. The number of ether oxygens (including phenoxy) is 1. The molecule has 3 rings (SSSR count). The fourth-order valence-corrected chi connectivity index (χ4v) is 3.28. The van der Waals surface area contributed by atoms with Crippen molar-refractivity contribution in [1.82, 2.24) is 20.1 Å². The first-order valence-corrected chi connectivity index (χ1v) is 8.63. The summed E-state index contributed by atoms with van der Waals surface area (Å²) >= 11 is 5.97. The van der Waals surface area contributed by atoms with Crippen molar-refractivity contribution in [3.8, 4) is 5.75 Å². The van der Waals surface area contributed by atoms with E-state index in [4.69, 9.17) is 21.3 Å². The standard InChI is InChI=1S/C17H23ClN4O2/c1-17(6-3-7-19-12-17)16-20-15(21-22(16)8-9-23)11-24-14-5-2-4-13(18)10-14/h2,4-5,10,19,23H,3,6-9,11-12H2,1H3. The van der Waals surface area contributed by atoms with Crippen LogP contribution in [-0.4, -0.2) is 39.6 Å². The molecule has 24 heavy (non-hydrogen) atoms. The van der Waals surface area contributed by atoms with Crippen LogP contribution in [0.4, 0.5) is 0 Å². The lowest BCUT2D eigenvalue weighted by Crippen LogP contribution is -2.43. The van der Waals surface area contributed by atoms with Crippen LogP contribution in [-0.2, 0) is 18.6 Å². The normalized spacial score (nSPS) is 21.0. The number of piperidine rings is 1. The second-order valence-electron chi connectivity index (χ2n) is 6.39. The first-order valence-electron chi connectivity index (χ1n) is 8.25. The maximum atomic E-state index is 9.32. The van der Waals surface area contributed by atoms with Gasteiger partial charge in [0.2, 0.25) is 0 Å². The molecule has 0 aliphatic carbocycles. The van der Waals surface area contributed by atoms with Crippen molar-refractivity contribution in [1.29, 1.82) is 0 Å². The number of rotatable bonds is 6. The summed E-state index contributed by atoms with van der Waals surface area (Å²) in [5.41, 5.74) is -0.0747. The summed E-state index contributed by atoms with van der Waals surface area (Å²) in [6.07, 6.45) is 2.16. The van der Waals surface area contributed by atoms with Gasteiger partial charge in [0.05, 0.1) is 13.2 Å². The minimum absolute atomic E-state index is 0.0362.